The Morgan fingerprint density at radius 1 is 1.14 bits per heavy atom. The second kappa shape index (κ2) is 9.06. The van der Waals surface area contributed by atoms with Gasteiger partial charge in [-0.15, -0.1) is 0 Å². The minimum atomic E-state index is 0.743. The van der Waals surface area contributed by atoms with Gasteiger partial charge in [-0.3, -0.25) is 4.90 Å². The molecule has 2 rings (SSSR count). The quantitative estimate of drug-likeness (QED) is 0.733. The Morgan fingerprint density at radius 2 is 1.95 bits per heavy atom. The fourth-order valence-corrected chi connectivity index (χ4v) is 2.88. The van der Waals surface area contributed by atoms with Crippen LogP contribution in [0.2, 0.25) is 0 Å². The summed E-state index contributed by atoms with van der Waals surface area (Å²) in [6.45, 7) is 10.2. The number of morpholine rings is 1. The maximum atomic E-state index is 5.72. The molecule has 0 N–H and O–H groups in total. The lowest BCUT2D eigenvalue weighted by atomic mass is 10.0. The van der Waals surface area contributed by atoms with Crippen LogP contribution in [0.5, 0.6) is 5.75 Å². The minimum absolute atomic E-state index is 0.743. The van der Waals surface area contributed by atoms with Gasteiger partial charge < -0.3 is 9.47 Å². The van der Waals surface area contributed by atoms with Crippen LogP contribution in [0.1, 0.15) is 37.8 Å². The van der Waals surface area contributed by atoms with Gasteiger partial charge in [0.05, 0.1) is 19.8 Å². The Labute approximate surface area is 129 Å². The van der Waals surface area contributed by atoms with Crippen LogP contribution in [0.4, 0.5) is 0 Å². The summed E-state index contributed by atoms with van der Waals surface area (Å²) >= 11 is 0. The van der Waals surface area contributed by atoms with E-state index < -0.39 is 0 Å². The van der Waals surface area contributed by atoms with E-state index in [2.05, 4.69) is 30.0 Å². The van der Waals surface area contributed by atoms with Crippen molar-refractivity contribution in [2.45, 2.75) is 39.5 Å². The molecule has 1 fully saturated rings. The summed E-state index contributed by atoms with van der Waals surface area (Å²) < 4.78 is 11.1. The third-order valence-corrected chi connectivity index (χ3v) is 3.99. The molecule has 1 saturated heterocycles. The monoisotopic (exact) mass is 291 g/mol. The van der Waals surface area contributed by atoms with Crippen molar-refractivity contribution in [2.75, 3.05) is 39.5 Å². The lowest BCUT2D eigenvalue weighted by Crippen LogP contribution is -2.36. The van der Waals surface area contributed by atoms with Crippen molar-refractivity contribution >= 4 is 0 Å². The SMILES string of the molecule is CCCc1cc(CCCN2CCOCC2)ccc1OCC. The molecular weight excluding hydrogens is 262 g/mol. The van der Waals surface area contributed by atoms with E-state index in [9.17, 15) is 0 Å². The zero-order chi connectivity index (χ0) is 14.9. The molecule has 1 heterocycles. The van der Waals surface area contributed by atoms with Gasteiger partial charge in [-0.1, -0.05) is 25.5 Å². The van der Waals surface area contributed by atoms with Gasteiger partial charge in [0.15, 0.2) is 0 Å². The fourth-order valence-electron chi connectivity index (χ4n) is 2.88. The summed E-state index contributed by atoms with van der Waals surface area (Å²) in [4.78, 5) is 2.50. The summed E-state index contributed by atoms with van der Waals surface area (Å²) in [6.07, 6.45) is 4.64. The molecule has 0 aliphatic carbocycles. The predicted octanol–water partition coefficient (Wildman–Crippen LogP) is 3.30. The van der Waals surface area contributed by atoms with Crippen LogP contribution in [-0.2, 0) is 17.6 Å². The Bertz CT molecular complexity index is 414. The van der Waals surface area contributed by atoms with E-state index in [1.54, 1.807) is 0 Å². The molecule has 0 amide bonds. The molecule has 1 aliphatic heterocycles. The van der Waals surface area contributed by atoms with Crippen molar-refractivity contribution in [3.8, 4) is 5.75 Å². The number of benzene rings is 1. The standard InChI is InChI=1S/C18H29NO2/c1-3-6-17-15-16(8-9-18(17)21-4-2)7-5-10-19-11-13-20-14-12-19/h8-9,15H,3-7,10-14H2,1-2H3. The van der Waals surface area contributed by atoms with Gasteiger partial charge in [-0.25, -0.2) is 0 Å². The van der Waals surface area contributed by atoms with Crippen molar-refractivity contribution in [1.82, 2.24) is 4.90 Å². The van der Waals surface area contributed by atoms with Gasteiger partial charge in [0.2, 0.25) is 0 Å². The van der Waals surface area contributed by atoms with E-state index in [0.29, 0.717) is 0 Å². The van der Waals surface area contributed by atoms with Gasteiger partial charge in [0.1, 0.15) is 5.75 Å². The highest BCUT2D eigenvalue weighted by Gasteiger charge is 2.10. The van der Waals surface area contributed by atoms with Gasteiger partial charge >= 0.3 is 0 Å². The molecule has 3 nitrogen and oxygen atoms in total. The van der Waals surface area contributed by atoms with Crippen LogP contribution in [0.25, 0.3) is 0 Å². The molecule has 0 bridgehead atoms. The maximum absolute atomic E-state index is 5.72. The van der Waals surface area contributed by atoms with Crippen LogP contribution in [0.3, 0.4) is 0 Å². The van der Waals surface area contributed by atoms with E-state index in [1.165, 1.54) is 24.1 Å². The number of hydrogen-bond acceptors (Lipinski definition) is 3. The molecule has 0 unspecified atom stereocenters. The molecule has 3 heteroatoms. The minimum Gasteiger partial charge on any atom is -0.494 e. The maximum Gasteiger partial charge on any atom is 0.122 e. The molecule has 1 aromatic carbocycles. The molecule has 1 aromatic rings. The summed E-state index contributed by atoms with van der Waals surface area (Å²) in [5.41, 5.74) is 2.80. The highest BCUT2D eigenvalue weighted by atomic mass is 16.5. The molecular formula is C18H29NO2. The third-order valence-electron chi connectivity index (χ3n) is 3.99. The molecule has 1 aliphatic rings. The Hall–Kier alpha value is -1.06. The fraction of sp³-hybridized carbons (Fsp3) is 0.667. The summed E-state index contributed by atoms with van der Waals surface area (Å²) in [6, 6.07) is 6.72. The first-order chi connectivity index (χ1) is 10.3. The Morgan fingerprint density at radius 3 is 2.67 bits per heavy atom. The normalized spacial score (nSPS) is 16.1. The van der Waals surface area contributed by atoms with Crippen LogP contribution in [-0.4, -0.2) is 44.4 Å². The van der Waals surface area contributed by atoms with Crippen LogP contribution < -0.4 is 4.74 Å². The van der Waals surface area contributed by atoms with Crippen LogP contribution in [0, 0.1) is 0 Å². The van der Waals surface area contributed by atoms with Crippen molar-refractivity contribution in [1.29, 1.82) is 0 Å². The van der Waals surface area contributed by atoms with E-state index in [4.69, 9.17) is 9.47 Å². The van der Waals surface area contributed by atoms with E-state index in [-0.39, 0.29) is 0 Å². The second-order valence-electron chi connectivity index (χ2n) is 5.68. The van der Waals surface area contributed by atoms with Gasteiger partial charge in [0, 0.05) is 13.1 Å². The summed E-state index contributed by atoms with van der Waals surface area (Å²) in [5, 5.41) is 0. The first kappa shape index (κ1) is 16.3. The number of ether oxygens (including phenoxy) is 2. The average molecular weight is 291 g/mol. The molecule has 0 saturated carbocycles. The largest absolute Gasteiger partial charge is 0.494 e. The molecule has 0 spiro atoms. The third kappa shape index (κ3) is 5.33. The van der Waals surface area contributed by atoms with E-state index >= 15 is 0 Å². The predicted molar refractivity (Wildman–Crippen MR) is 87.2 cm³/mol. The first-order valence-electron chi connectivity index (χ1n) is 8.38. The number of nitrogens with zero attached hydrogens (tertiary/aromatic N) is 1. The Kier molecular flexibility index (Phi) is 7.04. The number of aryl methyl sites for hydroxylation is 2. The highest BCUT2D eigenvalue weighted by molar-refractivity contribution is 5.37. The van der Waals surface area contributed by atoms with Crippen molar-refractivity contribution in [2.24, 2.45) is 0 Å². The summed E-state index contributed by atoms with van der Waals surface area (Å²) in [7, 11) is 0. The van der Waals surface area contributed by atoms with Gasteiger partial charge in [0.25, 0.3) is 0 Å². The molecule has 21 heavy (non-hydrogen) atoms. The average Bonchev–Trinajstić information content (AvgIpc) is 2.51. The lowest BCUT2D eigenvalue weighted by molar-refractivity contribution is 0.0374. The van der Waals surface area contributed by atoms with Crippen molar-refractivity contribution in [3.05, 3.63) is 29.3 Å². The molecule has 118 valence electrons. The molecule has 0 radical (unpaired) electrons. The van der Waals surface area contributed by atoms with E-state index in [1.807, 2.05) is 6.92 Å². The lowest BCUT2D eigenvalue weighted by Gasteiger charge is -2.26. The van der Waals surface area contributed by atoms with Gasteiger partial charge in [-0.2, -0.15) is 0 Å². The summed E-state index contributed by atoms with van der Waals surface area (Å²) in [5.74, 6) is 1.07. The van der Waals surface area contributed by atoms with Crippen molar-refractivity contribution < 1.29 is 9.47 Å². The second-order valence-corrected chi connectivity index (χ2v) is 5.68. The topological polar surface area (TPSA) is 21.7 Å². The van der Waals surface area contributed by atoms with Crippen LogP contribution in [0.15, 0.2) is 18.2 Å². The smallest absolute Gasteiger partial charge is 0.122 e. The Balaban J connectivity index is 1.85. The highest BCUT2D eigenvalue weighted by Crippen LogP contribution is 2.22. The van der Waals surface area contributed by atoms with Crippen LogP contribution >= 0.6 is 0 Å². The van der Waals surface area contributed by atoms with Crippen molar-refractivity contribution in [3.63, 3.8) is 0 Å². The molecule has 0 atom stereocenters. The molecule has 0 aromatic heterocycles. The first-order valence-corrected chi connectivity index (χ1v) is 8.38. The number of rotatable bonds is 8. The van der Waals surface area contributed by atoms with E-state index in [0.717, 1.165) is 57.9 Å². The zero-order valence-electron chi connectivity index (χ0n) is 13.6. The zero-order valence-corrected chi connectivity index (χ0v) is 13.6. The number of hydrogen-bond donors (Lipinski definition) is 0. The van der Waals surface area contributed by atoms with Gasteiger partial charge in [-0.05, 0) is 49.9 Å².